The molecule has 1 N–H and O–H groups in total. The Hall–Kier alpha value is -2.44. The van der Waals surface area contributed by atoms with Crippen molar-refractivity contribution in [1.29, 1.82) is 0 Å². The van der Waals surface area contributed by atoms with Crippen LogP contribution in [0.25, 0.3) is 0 Å². The van der Waals surface area contributed by atoms with Crippen molar-refractivity contribution in [2.75, 3.05) is 31.5 Å². The van der Waals surface area contributed by atoms with Gasteiger partial charge >= 0.3 is 0 Å². The van der Waals surface area contributed by atoms with Crippen LogP contribution < -0.4 is 5.32 Å². The molecule has 1 heterocycles. The first-order valence-electron chi connectivity index (χ1n) is 7.04. The molecule has 0 atom stereocenters. The highest BCUT2D eigenvalue weighted by Crippen LogP contribution is 2.09. The largest absolute Gasteiger partial charge is 0.339 e. The summed E-state index contributed by atoms with van der Waals surface area (Å²) in [4.78, 5) is 38.3. The van der Waals surface area contributed by atoms with Crippen LogP contribution in [0.15, 0.2) is 24.3 Å². The molecule has 3 amide bonds. The number of rotatable bonds is 3. The van der Waals surface area contributed by atoms with Gasteiger partial charge < -0.3 is 15.1 Å². The summed E-state index contributed by atoms with van der Waals surface area (Å²) >= 11 is 0. The second kappa shape index (κ2) is 7.02. The van der Waals surface area contributed by atoms with E-state index in [-0.39, 0.29) is 18.2 Å². The minimum atomic E-state index is -0.439. The fourth-order valence-electron chi connectivity index (χ4n) is 2.26. The summed E-state index contributed by atoms with van der Waals surface area (Å²) in [6.45, 7) is 3.33. The Labute approximate surface area is 127 Å². The van der Waals surface area contributed by atoms with E-state index in [4.69, 9.17) is 0 Å². The van der Waals surface area contributed by atoms with Gasteiger partial charge in [-0.25, -0.2) is 4.39 Å². The fraction of sp³-hybridized carbons (Fsp3) is 0.400. The second-order valence-corrected chi connectivity index (χ2v) is 5.12. The maximum Gasteiger partial charge on any atom is 0.233 e. The van der Waals surface area contributed by atoms with E-state index in [1.807, 2.05) is 0 Å². The molecule has 0 spiro atoms. The molecule has 1 aliphatic heterocycles. The molecule has 1 aliphatic rings. The lowest BCUT2D eigenvalue weighted by Crippen LogP contribution is -2.50. The molecule has 2 rings (SSSR count). The van der Waals surface area contributed by atoms with Crippen LogP contribution in [0.4, 0.5) is 10.1 Å². The molecule has 0 radical (unpaired) electrons. The molecule has 118 valence electrons. The van der Waals surface area contributed by atoms with Gasteiger partial charge in [0.25, 0.3) is 0 Å². The molecule has 6 nitrogen and oxygen atoms in total. The normalized spacial score (nSPS) is 14.6. The first kappa shape index (κ1) is 15.9. The van der Waals surface area contributed by atoms with Gasteiger partial charge in [0.2, 0.25) is 17.7 Å². The smallest absolute Gasteiger partial charge is 0.233 e. The van der Waals surface area contributed by atoms with Gasteiger partial charge in [-0.2, -0.15) is 0 Å². The van der Waals surface area contributed by atoms with Crippen molar-refractivity contribution >= 4 is 23.4 Å². The molecule has 1 saturated heterocycles. The van der Waals surface area contributed by atoms with Crippen molar-refractivity contribution < 1.29 is 18.8 Å². The van der Waals surface area contributed by atoms with E-state index in [1.54, 1.807) is 9.80 Å². The Kier molecular flexibility index (Phi) is 5.08. The highest BCUT2D eigenvalue weighted by Gasteiger charge is 2.23. The van der Waals surface area contributed by atoms with Crippen LogP contribution >= 0.6 is 0 Å². The van der Waals surface area contributed by atoms with Crippen molar-refractivity contribution in [2.45, 2.75) is 13.3 Å². The third-order valence-corrected chi connectivity index (χ3v) is 3.52. The molecule has 1 aromatic rings. The van der Waals surface area contributed by atoms with Crippen LogP contribution in [-0.4, -0.2) is 53.7 Å². The number of hydrogen-bond donors (Lipinski definition) is 1. The summed E-state index contributed by atoms with van der Waals surface area (Å²) in [7, 11) is 0. The first-order valence-corrected chi connectivity index (χ1v) is 7.04. The molecule has 0 saturated carbocycles. The molecule has 0 aliphatic carbocycles. The van der Waals surface area contributed by atoms with Crippen LogP contribution in [0.3, 0.4) is 0 Å². The lowest BCUT2D eigenvalue weighted by atomic mass is 10.2. The third kappa shape index (κ3) is 4.28. The number of hydrogen-bond acceptors (Lipinski definition) is 3. The molecule has 0 bridgehead atoms. The van der Waals surface area contributed by atoms with Gasteiger partial charge in [0, 0.05) is 38.8 Å². The zero-order valence-electron chi connectivity index (χ0n) is 12.3. The minimum Gasteiger partial charge on any atom is -0.339 e. The Morgan fingerprint density at radius 3 is 2.14 bits per heavy atom. The Balaban J connectivity index is 1.80. The zero-order chi connectivity index (χ0) is 16.1. The number of anilines is 1. The van der Waals surface area contributed by atoms with Gasteiger partial charge in [-0.3, -0.25) is 14.4 Å². The lowest BCUT2D eigenvalue weighted by Gasteiger charge is -2.34. The summed E-state index contributed by atoms with van der Waals surface area (Å²) in [5, 5.41) is 2.55. The topological polar surface area (TPSA) is 69.7 Å². The monoisotopic (exact) mass is 307 g/mol. The third-order valence-electron chi connectivity index (χ3n) is 3.52. The molecule has 22 heavy (non-hydrogen) atoms. The number of amides is 3. The Bertz CT molecular complexity index is 566. The fourth-order valence-corrected chi connectivity index (χ4v) is 2.26. The van der Waals surface area contributed by atoms with Gasteiger partial charge in [-0.15, -0.1) is 0 Å². The van der Waals surface area contributed by atoms with E-state index >= 15 is 0 Å². The van der Waals surface area contributed by atoms with Crippen LogP contribution in [0.1, 0.15) is 13.3 Å². The quantitative estimate of drug-likeness (QED) is 0.842. The van der Waals surface area contributed by atoms with Gasteiger partial charge in [-0.05, 0) is 24.3 Å². The summed E-state index contributed by atoms with van der Waals surface area (Å²) < 4.78 is 12.8. The molecule has 1 aromatic carbocycles. The van der Waals surface area contributed by atoms with E-state index < -0.39 is 11.7 Å². The van der Waals surface area contributed by atoms with Crippen molar-refractivity contribution in [1.82, 2.24) is 9.80 Å². The summed E-state index contributed by atoms with van der Waals surface area (Å²) in [5.41, 5.74) is 0.445. The molecular formula is C15H18FN3O3. The van der Waals surface area contributed by atoms with Crippen molar-refractivity contribution in [3.05, 3.63) is 30.1 Å². The first-order chi connectivity index (χ1) is 10.5. The van der Waals surface area contributed by atoms with Crippen LogP contribution in [0, 0.1) is 5.82 Å². The number of carbonyl (C=O) groups excluding carboxylic acids is 3. The SMILES string of the molecule is CC(=O)N1CCN(C(=O)CC(=O)Nc2ccc(F)cc2)CC1. The number of carbonyl (C=O) groups is 3. The molecule has 7 heteroatoms. The van der Waals surface area contributed by atoms with Crippen LogP contribution in [-0.2, 0) is 14.4 Å². The molecule has 0 unspecified atom stereocenters. The van der Waals surface area contributed by atoms with Gasteiger partial charge in [0.05, 0.1) is 0 Å². The number of nitrogens with zero attached hydrogens (tertiary/aromatic N) is 2. The highest BCUT2D eigenvalue weighted by molar-refractivity contribution is 6.03. The van der Waals surface area contributed by atoms with Crippen molar-refractivity contribution in [3.8, 4) is 0 Å². The number of halogens is 1. The maximum absolute atomic E-state index is 12.8. The van der Waals surface area contributed by atoms with Gasteiger partial charge in [0.15, 0.2) is 0 Å². The zero-order valence-corrected chi connectivity index (χ0v) is 12.3. The minimum absolute atomic E-state index is 0.0128. The average molecular weight is 307 g/mol. The van der Waals surface area contributed by atoms with E-state index in [2.05, 4.69) is 5.32 Å². The maximum atomic E-state index is 12.8. The van der Waals surface area contributed by atoms with Crippen molar-refractivity contribution in [2.24, 2.45) is 0 Å². The lowest BCUT2D eigenvalue weighted by molar-refractivity contribution is -0.140. The van der Waals surface area contributed by atoms with Crippen molar-refractivity contribution in [3.63, 3.8) is 0 Å². The summed E-state index contributed by atoms with van der Waals surface area (Å²) in [5.74, 6) is -1.12. The number of piperazine rings is 1. The van der Waals surface area contributed by atoms with E-state index in [0.29, 0.717) is 31.9 Å². The second-order valence-electron chi connectivity index (χ2n) is 5.12. The van der Waals surface area contributed by atoms with E-state index in [0.717, 1.165) is 0 Å². The van der Waals surface area contributed by atoms with Gasteiger partial charge in [0.1, 0.15) is 12.2 Å². The Morgan fingerprint density at radius 2 is 1.59 bits per heavy atom. The molecule has 0 aromatic heterocycles. The summed E-state index contributed by atoms with van der Waals surface area (Å²) in [6, 6.07) is 5.34. The molecular weight excluding hydrogens is 289 g/mol. The standard InChI is InChI=1S/C15H18FN3O3/c1-11(20)18-6-8-19(9-7-18)15(22)10-14(21)17-13-4-2-12(16)3-5-13/h2-5H,6-10H2,1H3,(H,17,21). The van der Waals surface area contributed by atoms with E-state index in [9.17, 15) is 18.8 Å². The van der Waals surface area contributed by atoms with E-state index in [1.165, 1.54) is 31.2 Å². The predicted molar refractivity (Wildman–Crippen MR) is 78.5 cm³/mol. The van der Waals surface area contributed by atoms with Crippen LogP contribution in [0.2, 0.25) is 0 Å². The highest BCUT2D eigenvalue weighted by atomic mass is 19.1. The van der Waals surface area contributed by atoms with Crippen LogP contribution in [0.5, 0.6) is 0 Å². The number of benzene rings is 1. The Morgan fingerprint density at radius 1 is 1.05 bits per heavy atom. The number of nitrogens with one attached hydrogen (secondary N) is 1. The molecule has 1 fully saturated rings. The predicted octanol–water partition coefficient (Wildman–Crippen LogP) is 0.845. The van der Waals surface area contributed by atoms with Gasteiger partial charge in [-0.1, -0.05) is 0 Å². The average Bonchev–Trinajstić information content (AvgIpc) is 2.49. The summed E-state index contributed by atoms with van der Waals surface area (Å²) in [6.07, 6.45) is -0.266.